The van der Waals surface area contributed by atoms with E-state index in [-0.39, 0.29) is 11.8 Å². The highest BCUT2D eigenvalue weighted by molar-refractivity contribution is 9.10. The predicted molar refractivity (Wildman–Crippen MR) is 103 cm³/mol. The second-order valence-electron chi connectivity index (χ2n) is 6.17. The van der Waals surface area contributed by atoms with E-state index in [4.69, 9.17) is 9.15 Å². The lowest BCUT2D eigenvalue weighted by molar-refractivity contribution is 0.102. The summed E-state index contributed by atoms with van der Waals surface area (Å²) in [6.45, 7) is 0. The van der Waals surface area contributed by atoms with Gasteiger partial charge in [-0.1, -0.05) is 34.1 Å². The molecular formula is C20H17BrN2O3. The molecule has 0 spiro atoms. The Balaban J connectivity index is 1.68. The maximum atomic E-state index is 12.9. The van der Waals surface area contributed by atoms with Gasteiger partial charge < -0.3 is 14.5 Å². The molecule has 1 amide bonds. The molecule has 1 saturated carbocycles. The average Bonchev–Trinajstić information content (AvgIpc) is 3.40. The summed E-state index contributed by atoms with van der Waals surface area (Å²) in [7, 11) is 1.57. The number of methoxy groups -OCH3 is 1. The molecule has 5 nitrogen and oxygen atoms in total. The van der Waals surface area contributed by atoms with Crippen molar-refractivity contribution in [2.45, 2.75) is 18.8 Å². The first kappa shape index (κ1) is 16.8. The summed E-state index contributed by atoms with van der Waals surface area (Å²) >= 11 is 3.41. The third kappa shape index (κ3) is 3.37. The second kappa shape index (κ2) is 6.96. The standard InChI is InChI=1S/C20H17BrN2O3/c1-25-16-10-9-14(21)11-15(16)22-19(24)17-18(12-7-8-12)26-20(23-17)13-5-3-2-4-6-13/h2-6,9-12H,7-8H2,1H3,(H,22,24). The molecule has 0 saturated heterocycles. The molecule has 1 aliphatic rings. The van der Waals surface area contributed by atoms with Crippen molar-refractivity contribution >= 4 is 27.5 Å². The van der Waals surface area contributed by atoms with Gasteiger partial charge >= 0.3 is 0 Å². The zero-order chi connectivity index (χ0) is 18.1. The van der Waals surface area contributed by atoms with Crippen molar-refractivity contribution in [2.24, 2.45) is 0 Å². The molecule has 2 aromatic carbocycles. The van der Waals surface area contributed by atoms with Gasteiger partial charge in [0, 0.05) is 16.0 Å². The smallest absolute Gasteiger partial charge is 0.278 e. The molecule has 0 atom stereocenters. The maximum Gasteiger partial charge on any atom is 0.278 e. The van der Waals surface area contributed by atoms with E-state index >= 15 is 0 Å². The molecular weight excluding hydrogens is 396 g/mol. The number of amides is 1. The molecule has 132 valence electrons. The summed E-state index contributed by atoms with van der Waals surface area (Å²) in [5, 5.41) is 2.89. The van der Waals surface area contributed by atoms with Crippen LogP contribution >= 0.6 is 15.9 Å². The number of benzene rings is 2. The highest BCUT2D eigenvalue weighted by atomic mass is 79.9. The van der Waals surface area contributed by atoms with Gasteiger partial charge in [-0.15, -0.1) is 0 Å². The number of nitrogens with zero attached hydrogens (tertiary/aromatic N) is 1. The summed E-state index contributed by atoms with van der Waals surface area (Å²) < 4.78 is 12.1. The van der Waals surface area contributed by atoms with E-state index < -0.39 is 0 Å². The molecule has 0 radical (unpaired) electrons. The van der Waals surface area contributed by atoms with Gasteiger partial charge in [0.05, 0.1) is 12.8 Å². The third-order valence-corrected chi connectivity index (χ3v) is 4.74. The van der Waals surface area contributed by atoms with E-state index in [9.17, 15) is 4.79 Å². The Labute approximate surface area is 159 Å². The number of carbonyl (C=O) groups excluding carboxylic acids is 1. The first-order valence-electron chi connectivity index (χ1n) is 8.36. The van der Waals surface area contributed by atoms with Crippen molar-refractivity contribution in [3.8, 4) is 17.2 Å². The molecule has 3 aromatic rings. The van der Waals surface area contributed by atoms with E-state index in [1.165, 1.54) is 0 Å². The fourth-order valence-corrected chi connectivity index (χ4v) is 3.14. The summed E-state index contributed by atoms with van der Waals surface area (Å²) in [6, 6.07) is 15.1. The van der Waals surface area contributed by atoms with Crippen LogP contribution in [0.25, 0.3) is 11.5 Å². The van der Waals surface area contributed by atoms with Crippen molar-refractivity contribution in [3.05, 3.63) is 64.5 Å². The molecule has 0 aliphatic heterocycles. The van der Waals surface area contributed by atoms with Gasteiger partial charge in [0.15, 0.2) is 5.69 Å². The summed E-state index contributed by atoms with van der Waals surface area (Å²) in [4.78, 5) is 17.4. The lowest BCUT2D eigenvalue weighted by Gasteiger charge is -2.10. The Morgan fingerprint density at radius 2 is 2.00 bits per heavy atom. The Morgan fingerprint density at radius 1 is 1.23 bits per heavy atom. The van der Waals surface area contributed by atoms with Crippen LogP contribution in [-0.2, 0) is 0 Å². The number of halogens is 1. The van der Waals surface area contributed by atoms with Gasteiger partial charge in [0.1, 0.15) is 11.5 Å². The van der Waals surface area contributed by atoms with Crippen molar-refractivity contribution < 1.29 is 13.9 Å². The van der Waals surface area contributed by atoms with Gasteiger partial charge in [-0.3, -0.25) is 4.79 Å². The number of carbonyl (C=O) groups is 1. The minimum atomic E-state index is -0.297. The molecule has 1 aromatic heterocycles. The van der Waals surface area contributed by atoms with E-state index in [1.807, 2.05) is 36.4 Å². The van der Waals surface area contributed by atoms with E-state index in [1.54, 1.807) is 19.2 Å². The lowest BCUT2D eigenvalue weighted by Crippen LogP contribution is -2.15. The average molecular weight is 413 g/mol. The minimum Gasteiger partial charge on any atom is -0.495 e. The predicted octanol–water partition coefficient (Wildman–Crippen LogP) is 5.24. The topological polar surface area (TPSA) is 64.4 Å². The number of hydrogen-bond donors (Lipinski definition) is 1. The monoisotopic (exact) mass is 412 g/mol. The Bertz CT molecular complexity index is 949. The van der Waals surface area contributed by atoms with Gasteiger partial charge in [0.2, 0.25) is 5.89 Å². The lowest BCUT2D eigenvalue weighted by atomic mass is 10.2. The second-order valence-corrected chi connectivity index (χ2v) is 7.09. The summed E-state index contributed by atoms with van der Waals surface area (Å²) in [5.41, 5.74) is 1.78. The third-order valence-electron chi connectivity index (χ3n) is 4.25. The Hall–Kier alpha value is -2.60. The maximum absolute atomic E-state index is 12.9. The fourth-order valence-electron chi connectivity index (χ4n) is 2.78. The van der Waals surface area contributed by atoms with E-state index in [2.05, 4.69) is 26.2 Å². The van der Waals surface area contributed by atoms with Crippen LogP contribution in [-0.4, -0.2) is 18.0 Å². The van der Waals surface area contributed by atoms with E-state index in [0.717, 1.165) is 22.9 Å². The number of rotatable bonds is 5. The normalized spacial score (nSPS) is 13.5. The summed E-state index contributed by atoms with van der Waals surface area (Å²) in [5.74, 6) is 1.69. The molecule has 6 heteroatoms. The van der Waals surface area contributed by atoms with Gasteiger partial charge in [-0.2, -0.15) is 0 Å². The van der Waals surface area contributed by atoms with Crippen LogP contribution in [0.1, 0.15) is 35.0 Å². The van der Waals surface area contributed by atoms with Crippen molar-refractivity contribution in [2.75, 3.05) is 12.4 Å². The molecule has 4 rings (SSSR count). The molecule has 1 fully saturated rings. The van der Waals surface area contributed by atoms with Crippen LogP contribution in [0.5, 0.6) is 5.75 Å². The van der Waals surface area contributed by atoms with Gasteiger partial charge in [0.25, 0.3) is 5.91 Å². The highest BCUT2D eigenvalue weighted by Gasteiger charge is 2.34. The number of anilines is 1. The van der Waals surface area contributed by atoms with Crippen LogP contribution in [0, 0.1) is 0 Å². The highest BCUT2D eigenvalue weighted by Crippen LogP contribution is 2.43. The first-order chi connectivity index (χ1) is 12.7. The quantitative estimate of drug-likeness (QED) is 0.621. The molecule has 26 heavy (non-hydrogen) atoms. The zero-order valence-electron chi connectivity index (χ0n) is 14.2. The van der Waals surface area contributed by atoms with Crippen LogP contribution in [0.2, 0.25) is 0 Å². The Morgan fingerprint density at radius 3 is 2.69 bits per heavy atom. The minimum absolute atomic E-state index is 0.269. The van der Waals surface area contributed by atoms with Crippen molar-refractivity contribution in [1.29, 1.82) is 0 Å². The zero-order valence-corrected chi connectivity index (χ0v) is 15.7. The fraction of sp³-hybridized carbons (Fsp3) is 0.200. The Kier molecular flexibility index (Phi) is 4.51. The van der Waals surface area contributed by atoms with Crippen molar-refractivity contribution in [1.82, 2.24) is 4.98 Å². The van der Waals surface area contributed by atoms with Gasteiger partial charge in [-0.25, -0.2) is 4.98 Å². The molecule has 1 aliphatic carbocycles. The number of hydrogen-bond acceptors (Lipinski definition) is 4. The van der Waals surface area contributed by atoms with E-state index in [0.29, 0.717) is 28.8 Å². The van der Waals surface area contributed by atoms with Gasteiger partial charge in [-0.05, 0) is 43.2 Å². The molecule has 0 unspecified atom stereocenters. The first-order valence-corrected chi connectivity index (χ1v) is 9.16. The largest absolute Gasteiger partial charge is 0.495 e. The molecule has 1 heterocycles. The number of ether oxygens (including phenoxy) is 1. The SMILES string of the molecule is COc1ccc(Br)cc1NC(=O)c1nc(-c2ccccc2)oc1C1CC1. The molecule has 1 N–H and O–H groups in total. The number of oxazole rings is 1. The number of nitrogens with one attached hydrogen (secondary N) is 1. The van der Waals surface area contributed by atoms with Crippen LogP contribution in [0.15, 0.2) is 57.4 Å². The van der Waals surface area contributed by atoms with Crippen LogP contribution in [0.4, 0.5) is 5.69 Å². The molecule has 0 bridgehead atoms. The van der Waals surface area contributed by atoms with Crippen LogP contribution in [0.3, 0.4) is 0 Å². The van der Waals surface area contributed by atoms with Crippen LogP contribution < -0.4 is 10.1 Å². The van der Waals surface area contributed by atoms with Crippen molar-refractivity contribution in [3.63, 3.8) is 0 Å². The number of aromatic nitrogens is 1. The summed E-state index contributed by atoms with van der Waals surface area (Å²) in [6.07, 6.45) is 2.04.